The Hall–Kier alpha value is -3.49. The Morgan fingerprint density at radius 1 is 1.00 bits per heavy atom. The first-order valence-corrected chi connectivity index (χ1v) is 15.5. The van der Waals surface area contributed by atoms with Crippen molar-refractivity contribution in [2.75, 3.05) is 19.0 Å². The molecule has 2 aliphatic rings. The minimum Gasteiger partial charge on any atom is -0.481 e. The van der Waals surface area contributed by atoms with Gasteiger partial charge >= 0.3 is 5.97 Å². The molecule has 0 spiro atoms. The number of likely N-dealkylation sites (N-methyl/N-ethyl adjacent to an activating group) is 1. The van der Waals surface area contributed by atoms with Gasteiger partial charge in [-0.2, -0.15) is 13.0 Å². The Morgan fingerprint density at radius 2 is 1.73 bits per heavy atom. The van der Waals surface area contributed by atoms with Gasteiger partial charge in [-0.1, -0.05) is 56.5 Å². The number of benzene rings is 2. The Bertz CT molecular complexity index is 1600. The second-order valence-corrected chi connectivity index (χ2v) is 13.3. The maximum atomic E-state index is 11.7. The molecular weight excluding hydrogens is 536 g/mol. The van der Waals surface area contributed by atoms with Crippen LogP contribution in [0.25, 0.3) is 0 Å². The molecule has 218 valence electrons. The van der Waals surface area contributed by atoms with Crippen LogP contribution in [0.4, 0.5) is 11.4 Å². The number of carboxylic acids is 1. The van der Waals surface area contributed by atoms with Crippen LogP contribution < -0.4 is 4.90 Å². The van der Waals surface area contributed by atoms with E-state index in [9.17, 15) is 17.8 Å². The highest BCUT2D eigenvalue weighted by Gasteiger charge is 2.46. The standard InChI is InChI=1S/C33H40N2O5S/c1-23-16-18-28-26(21-23)33(4,20-12-8-11-15-31(36)37)30(35(28)6)14-10-7-9-13-29-32(2,3)25-22-24(41(38,39)40)17-19-27(25)34(29)5/h7,9-10,13-14,16-19,21-22H,8,11-12,15,20H2,1-6H3,(H-,36,37,38,39,40)/p+1. The van der Waals surface area contributed by atoms with Gasteiger partial charge in [0.05, 0.1) is 10.3 Å². The molecule has 2 N–H and O–H groups in total. The van der Waals surface area contributed by atoms with E-state index >= 15 is 0 Å². The third-order valence-corrected chi connectivity index (χ3v) is 9.48. The second-order valence-electron chi connectivity index (χ2n) is 11.9. The smallest absolute Gasteiger partial charge is 0.303 e. The number of fused-ring (bicyclic) bond motifs is 2. The summed E-state index contributed by atoms with van der Waals surface area (Å²) in [5.41, 5.74) is 7.08. The fraction of sp³-hybridized carbons (Fsp3) is 0.394. The van der Waals surface area contributed by atoms with E-state index in [0.29, 0.717) is 6.42 Å². The van der Waals surface area contributed by atoms with Gasteiger partial charge in [-0.25, -0.2) is 0 Å². The van der Waals surface area contributed by atoms with Crippen molar-refractivity contribution in [2.45, 2.75) is 75.5 Å². The molecule has 2 heterocycles. The van der Waals surface area contributed by atoms with Crippen LogP contribution in [-0.4, -0.2) is 48.4 Å². The molecule has 1 atom stereocenters. The SMILES string of the molecule is Cc1ccc2c(c1)C(C)(CCCCCC(=O)O)C(/C=C/C=C/C=C1\N(C)c3ccc(S(=O)(=O)O)cc3C1(C)C)=[N+]2C. The first-order valence-electron chi connectivity index (χ1n) is 14.0. The largest absolute Gasteiger partial charge is 0.481 e. The topological polar surface area (TPSA) is 97.9 Å². The van der Waals surface area contributed by atoms with E-state index in [1.165, 1.54) is 28.6 Å². The molecule has 4 rings (SSSR count). The number of nitrogens with zero attached hydrogens (tertiary/aromatic N) is 2. The fourth-order valence-electron chi connectivity index (χ4n) is 6.35. The lowest BCUT2D eigenvalue weighted by Gasteiger charge is -2.23. The summed E-state index contributed by atoms with van der Waals surface area (Å²) < 4.78 is 35.2. The molecule has 2 aromatic rings. The molecule has 0 bridgehead atoms. The Balaban J connectivity index is 1.56. The summed E-state index contributed by atoms with van der Waals surface area (Å²) in [4.78, 5) is 12.9. The number of hydrogen-bond donors (Lipinski definition) is 2. The van der Waals surface area contributed by atoms with Crippen LogP contribution in [0.5, 0.6) is 0 Å². The third-order valence-electron chi connectivity index (χ3n) is 8.63. The molecular formula is C33H41N2O5S+. The van der Waals surface area contributed by atoms with Crippen LogP contribution in [-0.2, 0) is 25.7 Å². The summed E-state index contributed by atoms with van der Waals surface area (Å²) >= 11 is 0. The van der Waals surface area contributed by atoms with Gasteiger partial charge in [0.15, 0.2) is 5.71 Å². The summed E-state index contributed by atoms with van der Waals surface area (Å²) in [5, 5.41) is 8.99. The molecule has 0 aromatic heterocycles. The van der Waals surface area contributed by atoms with Crippen molar-refractivity contribution >= 4 is 33.2 Å². The first kappa shape index (κ1) is 30.5. The Morgan fingerprint density at radius 3 is 2.41 bits per heavy atom. The first-order chi connectivity index (χ1) is 19.2. The molecule has 7 nitrogen and oxygen atoms in total. The number of allylic oxidation sites excluding steroid dienone is 6. The quantitative estimate of drug-likeness (QED) is 0.141. The number of hydrogen-bond acceptors (Lipinski definition) is 4. The summed E-state index contributed by atoms with van der Waals surface area (Å²) in [6.07, 6.45) is 13.9. The van der Waals surface area contributed by atoms with Crippen molar-refractivity contribution in [3.8, 4) is 0 Å². The van der Waals surface area contributed by atoms with Crippen molar-refractivity contribution < 1.29 is 27.4 Å². The summed E-state index contributed by atoms with van der Waals surface area (Å²) in [5.74, 6) is -0.742. The van der Waals surface area contributed by atoms with E-state index in [1.54, 1.807) is 12.1 Å². The zero-order chi connectivity index (χ0) is 30.2. The predicted molar refractivity (Wildman–Crippen MR) is 164 cm³/mol. The van der Waals surface area contributed by atoms with E-state index in [0.717, 1.165) is 36.2 Å². The minimum atomic E-state index is -4.28. The molecule has 2 aliphatic heterocycles. The van der Waals surface area contributed by atoms with Gasteiger partial charge in [-0.15, -0.1) is 0 Å². The van der Waals surface area contributed by atoms with Gasteiger partial charge in [0, 0.05) is 48.0 Å². The second kappa shape index (κ2) is 11.4. The van der Waals surface area contributed by atoms with E-state index in [-0.39, 0.29) is 16.7 Å². The minimum absolute atomic E-state index is 0.101. The van der Waals surface area contributed by atoms with Crippen LogP contribution in [0.3, 0.4) is 0 Å². The highest BCUT2D eigenvalue weighted by atomic mass is 32.2. The van der Waals surface area contributed by atoms with Gasteiger partial charge in [-0.3, -0.25) is 9.35 Å². The number of carbonyl (C=O) groups is 1. The Kier molecular flexibility index (Phi) is 8.48. The maximum Gasteiger partial charge on any atom is 0.303 e. The molecule has 2 aromatic carbocycles. The van der Waals surface area contributed by atoms with Crippen LogP contribution >= 0.6 is 0 Å². The average Bonchev–Trinajstić information content (AvgIpc) is 3.21. The molecule has 41 heavy (non-hydrogen) atoms. The highest BCUT2D eigenvalue weighted by Crippen LogP contribution is 2.47. The van der Waals surface area contributed by atoms with Crippen LogP contribution in [0.2, 0.25) is 0 Å². The Labute approximate surface area is 244 Å². The fourth-order valence-corrected chi connectivity index (χ4v) is 6.85. The third kappa shape index (κ3) is 5.95. The zero-order valence-electron chi connectivity index (χ0n) is 24.8. The average molecular weight is 578 g/mol. The summed E-state index contributed by atoms with van der Waals surface area (Å²) in [7, 11) is -0.222. The van der Waals surface area contributed by atoms with Crippen LogP contribution in [0.15, 0.2) is 77.4 Å². The van der Waals surface area contributed by atoms with Gasteiger partial charge in [0.25, 0.3) is 10.1 Å². The molecule has 8 heteroatoms. The van der Waals surface area contributed by atoms with E-state index in [2.05, 4.69) is 60.7 Å². The molecule has 0 saturated carbocycles. The number of aryl methyl sites for hydroxylation is 1. The van der Waals surface area contributed by atoms with Crippen molar-refractivity contribution in [1.82, 2.24) is 0 Å². The van der Waals surface area contributed by atoms with E-state index in [4.69, 9.17) is 5.11 Å². The number of rotatable bonds is 10. The zero-order valence-corrected chi connectivity index (χ0v) is 25.6. The monoisotopic (exact) mass is 577 g/mol. The van der Waals surface area contributed by atoms with Crippen molar-refractivity contribution in [1.29, 1.82) is 0 Å². The molecule has 0 fully saturated rings. The normalized spacial score (nSPS) is 21.0. The molecule has 0 radical (unpaired) electrons. The van der Waals surface area contributed by atoms with Crippen LogP contribution in [0, 0.1) is 6.92 Å². The molecule has 0 saturated heterocycles. The van der Waals surface area contributed by atoms with E-state index < -0.39 is 21.5 Å². The number of unbranched alkanes of at least 4 members (excludes halogenated alkanes) is 2. The van der Waals surface area contributed by atoms with Crippen LogP contribution in [0.1, 0.15) is 69.6 Å². The van der Waals surface area contributed by atoms with Crippen molar-refractivity contribution in [3.05, 3.63) is 89.2 Å². The number of carboxylic acid groups (broad SMARTS) is 1. The van der Waals surface area contributed by atoms with Gasteiger partial charge in [0.1, 0.15) is 7.05 Å². The summed E-state index contributed by atoms with van der Waals surface area (Å²) in [6.45, 7) is 8.48. The summed E-state index contributed by atoms with van der Waals surface area (Å²) in [6, 6.07) is 11.3. The lowest BCUT2D eigenvalue weighted by atomic mass is 9.75. The molecule has 0 amide bonds. The molecule has 1 unspecified atom stereocenters. The van der Waals surface area contributed by atoms with Gasteiger partial charge in [-0.05, 0) is 62.6 Å². The predicted octanol–water partition coefficient (Wildman–Crippen LogP) is 6.69. The molecule has 0 aliphatic carbocycles. The highest BCUT2D eigenvalue weighted by molar-refractivity contribution is 7.85. The number of anilines is 1. The van der Waals surface area contributed by atoms with Crippen molar-refractivity contribution in [3.63, 3.8) is 0 Å². The number of aliphatic carboxylic acids is 1. The van der Waals surface area contributed by atoms with Crippen molar-refractivity contribution in [2.24, 2.45) is 0 Å². The van der Waals surface area contributed by atoms with Gasteiger partial charge in [0.2, 0.25) is 5.69 Å². The lowest BCUT2D eigenvalue weighted by molar-refractivity contribution is -0.401. The van der Waals surface area contributed by atoms with Gasteiger partial charge < -0.3 is 10.0 Å². The maximum absolute atomic E-state index is 11.7. The lowest BCUT2D eigenvalue weighted by Crippen LogP contribution is -2.30. The van der Waals surface area contributed by atoms with E-state index in [1.807, 2.05) is 39.1 Å².